The van der Waals surface area contributed by atoms with Gasteiger partial charge in [-0.25, -0.2) is 0 Å². The largest absolute Gasteiger partial charge is 0.349 e. The summed E-state index contributed by atoms with van der Waals surface area (Å²) >= 11 is 0. The smallest absolute Gasteiger partial charge is 0.252 e. The van der Waals surface area contributed by atoms with Gasteiger partial charge in [0.1, 0.15) is 0 Å². The lowest BCUT2D eigenvalue weighted by molar-refractivity contribution is 0.0929. The van der Waals surface area contributed by atoms with Crippen molar-refractivity contribution in [2.24, 2.45) is 0 Å². The molecule has 1 aliphatic rings. The van der Waals surface area contributed by atoms with Crippen LogP contribution >= 0.6 is 0 Å². The van der Waals surface area contributed by atoms with Crippen LogP contribution in [0.1, 0.15) is 53.6 Å². The summed E-state index contributed by atoms with van der Waals surface area (Å²) in [5.41, 5.74) is 3.39. The van der Waals surface area contributed by atoms with Crippen molar-refractivity contribution in [2.75, 3.05) is 0 Å². The van der Waals surface area contributed by atoms with Gasteiger partial charge in [0.15, 0.2) is 0 Å². The molecule has 3 aromatic rings. The molecule has 1 heterocycles. The van der Waals surface area contributed by atoms with Crippen molar-refractivity contribution in [1.29, 1.82) is 0 Å². The Hall–Kier alpha value is -2.88. The summed E-state index contributed by atoms with van der Waals surface area (Å²) in [7, 11) is 0. The number of carbonyl (C=O) groups is 1. The van der Waals surface area contributed by atoms with Crippen molar-refractivity contribution < 1.29 is 4.79 Å². The zero-order valence-corrected chi connectivity index (χ0v) is 16.3. The summed E-state index contributed by atoms with van der Waals surface area (Å²) < 4.78 is 1.75. The zero-order valence-electron chi connectivity index (χ0n) is 16.3. The van der Waals surface area contributed by atoms with E-state index in [2.05, 4.69) is 17.4 Å². The average molecular weight is 374 g/mol. The SMILES string of the molecule is Cc1ccc(Cn2c(=O)cc(C(=O)NC3CCCCC3)c3ccccc32)cc1. The van der Waals surface area contributed by atoms with Crippen LogP contribution in [0.2, 0.25) is 0 Å². The normalized spacial score (nSPS) is 14.9. The fourth-order valence-electron chi connectivity index (χ4n) is 4.07. The third kappa shape index (κ3) is 3.86. The standard InChI is InChI=1S/C24H26N2O2/c1-17-11-13-18(14-12-17)16-26-22-10-6-5-9-20(22)21(15-23(26)27)24(28)25-19-7-3-2-4-8-19/h5-6,9-15,19H,2-4,7-8,16H2,1H3,(H,25,28). The molecule has 0 aliphatic heterocycles. The summed E-state index contributed by atoms with van der Waals surface area (Å²) in [4.78, 5) is 25.8. The van der Waals surface area contributed by atoms with E-state index in [0.29, 0.717) is 12.1 Å². The lowest BCUT2D eigenvalue weighted by Gasteiger charge is -2.23. The van der Waals surface area contributed by atoms with Crippen molar-refractivity contribution in [2.45, 2.75) is 51.6 Å². The number of hydrogen-bond acceptors (Lipinski definition) is 2. The molecule has 2 aromatic carbocycles. The first kappa shape index (κ1) is 18.5. The summed E-state index contributed by atoms with van der Waals surface area (Å²) in [5, 5.41) is 3.96. The second kappa shape index (κ2) is 8.01. The van der Waals surface area contributed by atoms with Crippen LogP contribution in [0.15, 0.2) is 59.4 Å². The van der Waals surface area contributed by atoms with Gasteiger partial charge >= 0.3 is 0 Å². The van der Waals surface area contributed by atoms with Crippen molar-refractivity contribution in [3.05, 3.63) is 81.6 Å². The first-order chi connectivity index (χ1) is 13.6. The molecule has 4 nitrogen and oxygen atoms in total. The summed E-state index contributed by atoms with van der Waals surface area (Å²) in [6.07, 6.45) is 5.60. The van der Waals surface area contributed by atoms with Crippen molar-refractivity contribution in [3.8, 4) is 0 Å². The Kier molecular flexibility index (Phi) is 5.29. The number of benzene rings is 2. The molecule has 0 saturated heterocycles. The van der Waals surface area contributed by atoms with Crippen molar-refractivity contribution >= 4 is 16.8 Å². The molecule has 4 rings (SSSR count). The molecule has 0 bridgehead atoms. The van der Waals surface area contributed by atoms with Gasteiger partial charge in [-0.05, 0) is 31.4 Å². The summed E-state index contributed by atoms with van der Waals surface area (Å²) in [5.74, 6) is -0.136. The Morgan fingerprint density at radius 1 is 1.04 bits per heavy atom. The predicted molar refractivity (Wildman–Crippen MR) is 113 cm³/mol. The lowest BCUT2D eigenvalue weighted by atomic mass is 9.95. The highest BCUT2D eigenvalue weighted by Gasteiger charge is 2.19. The van der Waals surface area contributed by atoms with Gasteiger partial charge in [0.05, 0.1) is 17.6 Å². The maximum absolute atomic E-state index is 12.9. The van der Waals surface area contributed by atoms with E-state index >= 15 is 0 Å². The molecular formula is C24H26N2O2. The van der Waals surface area contributed by atoms with Gasteiger partial charge in [-0.15, -0.1) is 0 Å². The van der Waals surface area contributed by atoms with Gasteiger partial charge in [0.25, 0.3) is 11.5 Å². The zero-order chi connectivity index (χ0) is 19.5. The topological polar surface area (TPSA) is 51.1 Å². The number of fused-ring (bicyclic) bond motifs is 1. The average Bonchev–Trinajstić information content (AvgIpc) is 2.72. The minimum absolute atomic E-state index is 0.136. The number of nitrogens with zero attached hydrogens (tertiary/aromatic N) is 1. The molecular weight excluding hydrogens is 348 g/mol. The first-order valence-electron chi connectivity index (χ1n) is 10.1. The number of rotatable bonds is 4. The van der Waals surface area contributed by atoms with Gasteiger partial charge in [-0.3, -0.25) is 9.59 Å². The van der Waals surface area contributed by atoms with Gasteiger partial charge in [0, 0.05) is 17.5 Å². The maximum Gasteiger partial charge on any atom is 0.252 e. The number of amides is 1. The van der Waals surface area contributed by atoms with E-state index in [-0.39, 0.29) is 17.5 Å². The highest BCUT2D eigenvalue weighted by Crippen LogP contribution is 2.21. The molecule has 1 amide bonds. The van der Waals surface area contributed by atoms with E-state index in [1.807, 2.05) is 43.3 Å². The minimum Gasteiger partial charge on any atom is -0.349 e. The highest BCUT2D eigenvalue weighted by atomic mass is 16.2. The highest BCUT2D eigenvalue weighted by molar-refractivity contribution is 6.06. The fraction of sp³-hybridized carbons (Fsp3) is 0.333. The fourth-order valence-corrected chi connectivity index (χ4v) is 4.07. The summed E-state index contributed by atoms with van der Waals surface area (Å²) in [6, 6.07) is 17.6. The maximum atomic E-state index is 12.9. The molecule has 0 spiro atoms. The molecule has 1 N–H and O–H groups in total. The molecule has 144 valence electrons. The lowest BCUT2D eigenvalue weighted by Crippen LogP contribution is -2.37. The molecule has 0 radical (unpaired) electrons. The molecule has 28 heavy (non-hydrogen) atoms. The van der Waals surface area contributed by atoms with Crippen LogP contribution in [0.4, 0.5) is 0 Å². The third-order valence-electron chi connectivity index (χ3n) is 5.67. The Morgan fingerprint density at radius 3 is 2.50 bits per heavy atom. The molecule has 0 unspecified atom stereocenters. The summed E-state index contributed by atoms with van der Waals surface area (Å²) in [6.45, 7) is 2.54. The monoisotopic (exact) mass is 374 g/mol. The Morgan fingerprint density at radius 2 is 1.75 bits per heavy atom. The van der Waals surface area contributed by atoms with E-state index in [4.69, 9.17) is 0 Å². The minimum atomic E-state index is -0.145. The molecule has 1 saturated carbocycles. The van der Waals surface area contributed by atoms with Crippen LogP contribution in [0.25, 0.3) is 10.9 Å². The number of nitrogens with one attached hydrogen (secondary N) is 1. The molecule has 1 aromatic heterocycles. The Labute approximate surface area is 165 Å². The Balaban J connectivity index is 1.70. The number of carbonyl (C=O) groups excluding carboxylic acids is 1. The van der Waals surface area contributed by atoms with Gasteiger partial charge in [-0.1, -0.05) is 67.3 Å². The van der Waals surface area contributed by atoms with Gasteiger partial charge < -0.3 is 9.88 Å². The number of aryl methyl sites for hydroxylation is 1. The molecule has 1 fully saturated rings. The predicted octanol–water partition coefficient (Wildman–Crippen LogP) is 4.42. The van der Waals surface area contributed by atoms with E-state index in [9.17, 15) is 9.59 Å². The van der Waals surface area contributed by atoms with Crippen LogP contribution in [-0.4, -0.2) is 16.5 Å². The number of para-hydroxylation sites is 1. The third-order valence-corrected chi connectivity index (χ3v) is 5.67. The van der Waals surface area contributed by atoms with Crippen LogP contribution in [0.5, 0.6) is 0 Å². The van der Waals surface area contributed by atoms with Crippen LogP contribution < -0.4 is 10.9 Å². The second-order valence-corrected chi connectivity index (χ2v) is 7.79. The van der Waals surface area contributed by atoms with Gasteiger partial charge in [-0.2, -0.15) is 0 Å². The number of hydrogen-bond donors (Lipinski definition) is 1. The second-order valence-electron chi connectivity index (χ2n) is 7.79. The van der Waals surface area contributed by atoms with Crippen LogP contribution in [0.3, 0.4) is 0 Å². The van der Waals surface area contributed by atoms with Gasteiger partial charge in [0.2, 0.25) is 0 Å². The van der Waals surface area contributed by atoms with Crippen LogP contribution in [0, 0.1) is 6.92 Å². The van der Waals surface area contributed by atoms with E-state index in [1.165, 1.54) is 18.1 Å². The molecule has 1 aliphatic carbocycles. The van der Waals surface area contributed by atoms with E-state index < -0.39 is 0 Å². The quantitative estimate of drug-likeness (QED) is 0.735. The number of aromatic nitrogens is 1. The van der Waals surface area contributed by atoms with E-state index in [0.717, 1.165) is 42.1 Å². The Bertz CT molecular complexity index is 1040. The molecule has 4 heteroatoms. The van der Waals surface area contributed by atoms with Crippen molar-refractivity contribution in [1.82, 2.24) is 9.88 Å². The van der Waals surface area contributed by atoms with Crippen molar-refractivity contribution in [3.63, 3.8) is 0 Å². The van der Waals surface area contributed by atoms with E-state index in [1.54, 1.807) is 4.57 Å². The number of pyridine rings is 1. The molecule has 0 atom stereocenters. The first-order valence-corrected chi connectivity index (χ1v) is 10.1. The van der Waals surface area contributed by atoms with Crippen LogP contribution in [-0.2, 0) is 6.54 Å².